The standard InChI is InChI=1S/C14H30N4O2/c1-5-15-13(16-8-11-19-4)17-12-14(18(2)3)6-9-20-10-7-14/h5-12H2,1-4H3,(H2,15,16,17). The Hall–Kier alpha value is -0.850. The summed E-state index contributed by atoms with van der Waals surface area (Å²) < 4.78 is 10.5. The molecule has 118 valence electrons. The van der Waals surface area contributed by atoms with E-state index in [0.717, 1.165) is 51.6 Å². The normalized spacial score (nSPS) is 19.1. The fraction of sp³-hybridized carbons (Fsp3) is 0.929. The average Bonchev–Trinajstić information content (AvgIpc) is 2.46. The van der Waals surface area contributed by atoms with Crippen LogP contribution in [0.5, 0.6) is 0 Å². The van der Waals surface area contributed by atoms with Crippen molar-refractivity contribution in [2.75, 3.05) is 60.7 Å². The quantitative estimate of drug-likeness (QED) is 0.400. The van der Waals surface area contributed by atoms with Crippen LogP contribution in [0, 0.1) is 0 Å². The zero-order valence-corrected chi connectivity index (χ0v) is 13.4. The van der Waals surface area contributed by atoms with Crippen LogP contribution >= 0.6 is 0 Å². The molecule has 0 aromatic rings. The monoisotopic (exact) mass is 286 g/mol. The number of likely N-dealkylation sites (N-methyl/N-ethyl adjacent to an activating group) is 1. The van der Waals surface area contributed by atoms with E-state index in [1.165, 1.54) is 0 Å². The highest BCUT2D eigenvalue weighted by Gasteiger charge is 2.34. The van der Waals surface area contributed by atoms with Gasteiger partial charge in [-0.25, -0.2) is 0 Å². The first-order chi connectivity index (χ1) is 9.64. The lowest BCUT2D eigenvalue weighted by molar-refractivity contribution is -0.00255. The van der Waals surface area contributed by atoms with Gasteiger partial charge in [0.25, 0.3) is 0 Å². The number of nitrogens with one attached hydrogen (secondary N) is 2. The molecule has 0 aromatic heterocycles. The van der Waals surface area contributed by atoms with E-state index in [9.17, 15) is 0 Å². The van der Waals surface area contributed by atoms with E-state index in [2.05, 4.69) is 36.6 Å². The maximum atomic E-state index is 5.49. The highest BCUT2D eigenvalue weighted by atomic mass is 16.5. The van der Waals surface area contributed by atoms with Gasteiger partial charge in [0.05, 0.1) is 13.2 Å². The SMILES string of the molecule is CCNC(=NCC1(N(C)C)CCOCC1)NCCOC. The molecule has 0 aromatic carbocycles. The summed E-state index contributed by atoms with van der Waals surface area (Å²) in [5, 5.41) is 6.55. The Kier molecular flexibility index (Phi) is 7.87. The minimum absolute atomic E-state index is 0.113. The van der Waals surface area contributed by atoms with Crippen molar-refractivity contribution in [1.82, 2.24) is 15.5 Å². The molecule has 0 aliphatic carbocycles. The molecule has 1 saturated heterocycles. The maximum absolute atomic E-state index is 5.49. The highest BCUT2D eigenvalue weighted by Crippen LogP contribution is 2.26. The van der Waals surface area contributed by atoms with Gasteiger partial charge in [0.1, 0.15) is 0 Å². The summed E-state index contributed by atoms with van der Waals surface area (Å²) in [5.41, 5.74) is 0.113. The largest absolute Gasteiger partial charge is 0.383 e. The van der Waals surface area contributed by atoms with Gasteiger partial charge in [-0.3, -0.25) is 4.99 Å². The number of guanidine groups is 1. The molecule has 0 unspecified atom stereocenters. The van der Waals surface area contributed by atoms with E-state index in [4.69, 9.17) is 14.5 Å². The Morgan fingerprint density at radius 1 is 1.30 bits per heavy atom. The number of methoxy groups -OCH3 is 1. The second-order valence-electron chi connectivity index (χ2n) is 5.35. The summed E-state index contributed by atoms with van der Waals surface area (Å²) in [6.45, 7) is 6.80. The predicted octanol–water partition coefficient (Wildman–Crippen LogP) is 0.299. The second kappa shape index (κ2) is 9.15. The lowest BCUT2D eigenvalue weighted by Gasteiger charge is -2.41. The first kappa shape index (κ1) is 17.2. The van der Waals surface area contributed by atoms with Crippen molar-refractivity contribution in [2.45, 2.75) is 25.3 Å². The summed E-state index contributed by atoms with van der Waals surface area (Å²) in [6.07, 6.45) is 2.06. The first-order valence-corrected chi connectivity index (χ1v) is 7.41. The van der Waals surface area contributed by atoms with Crippen molar-refractivity contribution in [3.63, 3.8) is 0 Å². The molecule has 0 bridgehead atoms. The van der Waals surface area contributed by atoms with Gasteiger partial charge in [0, 0.05) is 39.0 Å². The average molecular weight is 286 g/mol. The lowest BCUT2D eigenvalue weighted by Crippen LogP contribution is -2.51. The Bertz CT molecular complexity index is 289. The summed E-state index contributed by atoms with van der Waals surface area (Å²) in [6, 6.07) is 0. The number of ether oxygens (including phenoxy) is 2. The van der Waals surface area contributed by atoms with Crippen LogP contribution in [0.15, 0.2) is 4.99 Å². The topological polar surface area (TPSA) is 58.1 Å². The van der Waals surface area contributed by atoms with Crippen molar-refractivity contribution in [1.29, 1.82) is 0 Å². The van der Waals surface area contributed by atoms with E-state index in [1.807, 2.05) is 0 Å². The summed E-state index contributed by atoms with van der Waals surface area (Å²) >= 11 is 0. The number of hydrogen-bond donors (Lipinski definition) is 2. The van der Waals surface area contributed by atoms with Crippen LogP contribution in [-0.2, 0) is 9.47 Å². The molecule has 0 amide bonds. The third kappa shape index (κ3) is 5.26. The highest BCUT2D eigenvalue weighted by molar-refractivity contribution is 5.79. The van der Waals surface area contributed by atoms with E-state index in [1.54, 1.807) is 7.11 Å². The Labute approximate surface area is 122 Å². The Morgan fingerprint density at radius 3 is 2.55 bits per heavy atom. The van der Waals surface area contributed by atoms with Crippen LogP contribution in [0.25, 0.3) is 0 Å². The molecule has 1 aliphatic rings. The van der Waals surface area contributed by atoms with Gasteiger partial charge >= 0.3 is 0 Å². The summed E-state index contributed by atoms with van der Waals surface area (Å²) in [5.74, 6) is 0.859. The molecule has 1 fully saturated rings. The van der Waals surface area contributed by atoms with Crippen molar-refractivity contribution in [3.05, 3.63) is 0 Å². The molecule has 1 rings (SSSR count). The maximum Gasteiger partial charge on any atom is 0.191 e. The molecule has 20 heavy (non-hydrogen) atoms. The fourth-order valence-corrected chi connectivity index (χ4v) is 2.34. The number of nitrogens with zero attached hydrogens (tertiary/aromatic N) is 2. The van der Waals surface area contributed by atoms with E-state index >= 15 is 0 Å². The van der Waals surface area contributed by atoms with Crippen LogP contribution in [0.4, 0.5) is 0 Å². The van der Waals surface area contributed by atoms with Crippen LogP contribution in [-0.4, -0.2) is 77.1 Å². The Balaban J connectivity index is 2.61. The van der Waals surface area contributed by atoms with E-state index in [-0.39, 0.29) is 5.54 Å². The molecular weight excluding hydrogens is 256 g/mol. The molecule has 0 spiro atoms. The van der Waals surface area contributed by atoms with Crippen LogP contribution < -0.4 is 10.6 Å². The molecule has 0 atom stereocenters. The smallest absolute Gasteiger partial charge is 0.191 e. The molecular formula is C14H30N4O2. The molecule has 1 aliphatic heterocycles. The molecule has 6 nitrogen and oxygen atoms in total. The molecule has 1 heterocycles. The Morgan fingerprint density at radius 2 is 2.00 bits per heavy atom. The van der Waals surface area contributed by atoms with E-state index in [0.29, 0.717) is 6.61 Å². The number of aliphatic imine (C=N–C) groups is 1. The molecule has 0 saturated carbocycles. The first-order valence-electron chi connectivity index (χ1n) is 7.41. The zero-order valence-electron chi connectivity index (χ0n) is 13.4. The minimum atomic E-state index is 0.113. The molecule has 0 radical (unpaired) electrons. The van der Waals surface area contributed by atoms with Crippen molar-refractivity contribution in [3.8, 4) is 0 Å². The zero-order chi connectivity index (χ0) is 14.8. The molecule has 6 heteroatoms. The van der Waals surface area contributed by atoms with Crippen LogP contribution in [0.3, 0.4) is 0 Å². The van der Waals surface area contributed by atoms with Gasteiger partial charge < -0.3 is 25.0 Å². The minimum Gasteiger partial charge on any atom is -0.383 e. The molecule has 2 N–H and O–H groups in total. The third-order valence-corrected chi connectivity index (χ3v) is 3.85. The van der Waals surface area contributed by atoms with Gasteiger partial charge in [-0.15, -0.1) is 0 Å². The van der Waals surface area contributed by atoms with Gasteiger partial charge in [-0.1, -0.05) is 0 Å². The summed E-state index contributed by atoms with van der Waals surface area (Å²) in [4.78, 5) is 7.03. The van der Waals surface area contributed by atoms with Gasteiger partial charge in [0.15, 0.2) is 5.96 Å². The summed E-state index contributed by atoms with van der Waals surface area (Å²) in [7, 11) is 5.97. The van der Waals surface area contributed by atoms with Gasteiger partial charge in [-0.2, -0.15) is 0 Å². The number of rotatable bonds is 7. The predicted molar refractivity (Wildman–Crippen MR) is 82.3 cm³/mol. The van der Waals surface area contributed by atoms with Crippen LogP contribution in [0.1, 0.15) is 19.8 Å². The van der Waals surface area contributed by atoms with E-state index < -0.39 is 0 Å². The second-order valence-corrected chi connectivity index (χ2v) is 5.35. The van der Waals surface area contributed by atoms with Crippen LogP contribution in [0.2, 0.25) is 0 Å². The van der Waals surface area contributed by atoms with Crippen molar-refractivity contribution < 1.29 is 9.47 Å². The fourth-order valence-electron chi connectivity index (χ4n) is 2.34. The lowest BCUT2D eigenvalue weighted by atomic mass is 9.89. The van der Waals surface area contributed by atoms with Gasteiger partial charge in [0.2, 0.25) is 0 Å². The number of hydrogen-bond acceptors (Lipinski definition) is 4. The van der Waals surface area contributed by atoms with Gasteiger partial charge in [-0.05, 0) is 33.9 Å². The van der Waals surface area contributed by atoms with Crippen molar-refractivity contribution in [2.24, 2.45) is 4.99 Å². The third-order valence-electron chi connectivity index (χ3n) is 3.85. The van der Waals surface area contributed by atoms with Crippen molar-refractivity contribution >= 4 is 5.96 Å².